The number of halogens is 4. The number of rotatable bonds is 4. The topological polar surface area (TPSA) is 50.2 Å². The molecule has 0 bridgehead atoms. The lowest BCUT2D eigenvalue weighted by Gasteiger charge is -2.07. The first-order chi connectivity index (χ1) is 9.95. The summed E-state index contributed by atoms with van der Waals surface area (Å²) in [7, 11) is 0. The second-order valence-electron chi connectivity index (χ2n) is 4.20. The summed E-state index contributed by atoms with van der Waals surface area (Å²) in [4.78, 5) is 11.8. The fraction of sp³-hybridized carbons (Fsp3) is 0.0667. The summed E-state index contributed by atoms with van der Waals surface area (Å²) in [6.45, 7) is 0. The summed E-state index contributed by atoms with van der Waals surface area (Å²) in [5.74, 6) is -2.38. The van der Waals surface area contributed by atoms with E-state index < -0.39 is 23.8 Å². The molecule has 0 spiro atoms. The van der Waals surface area contributed by atoms with Gasteiger partial charge in [-0.1, -0.05) is 11.6 Å². The molecule has 2 rings (SSSR count). The third-order valence-corrected chi connectivity index (χ3v) is 2.86. The zero-order chi connectivity index (χ0) is 15.4. The number of hydrogen-bond acceptors (Lipinski definition) is 3. The highest BCUT2D eigenvalue weighted by Gasteiger charge is 2.15. The van der Waals surface area contributed by atoms with Crippen LogP contribution in [-0.4, -0.2) is 11.7 Å². The van der Waals surface area contributed by atoms with Crippen molar-refractivity contribution in [3.8, 4) is 5.75 Å². The first-order valence-corrected chi connectivity index (χ1v) is 6.32. The second-order valence-corrected chi connectivity index (χ2v) is 4.64. The highest BCUT2D eigenvalue weighted by atomic mass is 35.5. The molecular formula is C15H11Cl2F2NO2. The molecule has 7 heteroatoms. The first kappa shape index (κ1) is 18.1. The van der Waals surface area contributed by atoms with Crippen LogP contribution in [-0.2, 0) is 0 Å². The summed E-state index contributed by atoms with van der Waals surface area (Å²) in [5, 5.41) is 8.11. The fourth-order valence-electron chi connectivity index (χ4n) is 1.64. The van der Waals surface area contributed by atoms with Gasteiger partial charge >= 0.3 is 0 Å². The molecule has 0 radical (unpaired) electrons. The van der Waals surface area contributed by atoms with Gasteiger partial charge in [-0.3, -0.25) is 10.2 Å². The van der Waals surface area contributed by atoms with Gasteiger partial charge in [-0.2, -0.15) is 0 Å². The van der Waals surface area contributed by atoms with E-state index in [0.717, 1.165) is 12.1 Å². The molecule has 1 N–H and O–H groups in total. The van der Waals surface area contributed by atoms with Crippen molar-refractivity contribution in [1.82, 2.24) is 0 Å². The fourth-order valence-corrected chi connectivity index (χ4v) is 1.76. The molecular weight excluding hydrogens is 335 g/mol. The van der Waals surface area contributed by atoms with Gasteiger partial charge < -0.3 is 4.74 Å². The van der Waals surface area contributed by atoms with Crippen molar-refractivity contribution in [1.29, 1.82) is 5.41 Å². The maximum atomic E-state index is 13.4. The van der Waals surface area contributed by atoms with Gasteiger partial charge in [0.1, 0.15) is 17.4 Å². The SMILES string of the molecule is Cl.N=C(CC(=O)c1ccc(F)cc1F)Oc1ccc(Cl)cc1. The number of carbonyl (C=O) groups is 1. The van der Waals surface area contributed by atoms with Gasteiger partial charge in [0, 0.05) is 11.1 Å². The Bertz CT molecular complexity index is 690. The lowest BCUT2D eigenvalue weighted by atomic mass is 10.1. The average molecular weight is 346 g/mol. The number of benzene rings is 2. The Labute approximate surface area is 136 Å². The molecule has 0 saturated carbocycles. The van der Waals surface area contributed by atoms with Gasteiger partial charge in [-0.25, -0.2) is 8.78 Å². The van der Waals surface area contributed by atoms with Crippen molar-refractivity contribution < 1.29 is 18.3 Å². The average Bonchev–Trinajstić information content (AvgIpc) is 2.41. The minimum absolute atomic E-state index is 0. The molecule has 0 aromatic heterocycles. The Morgan fingerprint density at radius 2 is 1.77 bits per heavy atom. The molecule has 2 aromatic rings. The lowest BCUT2D eigenvalue weighted by Crippen LogP contribution is -2.14. The van der Waals surface area contributed by atoms with Gasteiger partial charge in [-0.15, -0.1) is 12.4 Å². The van der Waals surface area contributed by atoms with E-state index in [4.69, 9.17) is 21.7 Å². The predicted molar refractivity (Wildman–Crippen MR) is 82.4 cm³/mol. The van der Waals surface area contributed by atoms with E-state index >= 15 is 0 Å². The van der Waals surface area contributed by atoms with Crippen LogP contribution in [0.4, 0.5) is 8.78 Å². The third kappa shape index (κ3) is 4.79. The molecule has 0 aliphatic heterocycles. The third-order valence-electron chi connectivity index (χ3n) is 2.61. The molecule has 3 nitrogen and oxygen atoms in total. The van der Waals surface area contributed by atoms with E-state index in [2.05, 4.69) is 0 Å². The molecule has 0 aliphatic rings. The molecule has 0 aliphatic carbocycles. The molecule has 0 amide bonds. The van der Waals surface area contributed by atoms with E-state index in [1.54, 1.807) is 24.3 Å². The molecule has 0 unspecified atom stereocenters. The van der Waals surface area contributed by atoms with Crippen LogP contribution in [0.2, 0.25) is 5.02 Å². The van der Waals surface area contributed by atoms with Crippen LogP contribution in [0.15, 0.2) is 42.5 Å². The van der Waals surface area contributed by atoms with Gasteiger partial charge in [0.05, 0.1) is 12.0 Å². The zero-order valence-corrected chi connectivity index (χ0v) is 12.7. The van der Waals surface area contributed by atoms with E-state index in [-0.39, 0.29) is 23.9 Å². The maximum Gasteiger partial charge on any atom is 0.195 e. The highest BCUT2D eigenvalue weighted by molar-refractivity contribution is 6.30. The molecule has 22 heavy (non-hydrogen) atoms. The van der Waals surface area contributed by atoms with Crippen molar-refractivity contribution in [2.24, 2.45) is 0 Å². The Morgan fingerprint density at radius 1 is 1.14 bits per heavy atom. The molecule has 0 heterocycles. The van der Waals surface area contributed by atoms with E-state index in [1.165, 1.54) is 0 Å². The van der Waals surface area contributed by atoms with Crippen molar-refractivity contribution in [2.75, 3.05) is 0 Å². The van der Waals surface area contributed by atoms with Crippen LogP contribution < -0.4 is 4.74 Å². The monoisotopic (exact) mass is 345 g/mol. The standard InChI is InChI=1S/C15H10ClF2NO2.ClH/c16-9-1-4-11(5-2-9)21-15(19)8-14(20)12-6-3-10(17)7-13(12)18;/h1-7,19H,8H2;1H. The number of carbonyl (C=O) groups excluding carboxylic acids is 1. The smallest absolute Gasteiger partial charge is 0.195 e. The summed E-state index contributed by atoms with van der Waals surface area (Å²) in [5.41, 5.74) is -0.277. The highest BCUT2D eigenvalue weighted by Crippen LogP contribution is 2.17. The summed E-state index contributed by atoms with van der Waals surface area (Å²) >= 11 is 5.71. The number of nitrogens with one attached hydrogen (secondary N) is 1. The molecule has 0 fully saturated rings. The van der Waals surface area contributed by atoms with Gasteiger partial charge in [0.15, 0.2) is 11.7 Å². The van der Waals surface area contributed by atoms with E-state index in [1.807, 2.05) is 0 Å². The molecule has 0 saturated heterocycles. The molecule has 0 atom stereocenters. The number of ketones is 1. The normalized spacial score (nSPS) is 9.77. The number of hydrogen-bond donors (Lipinski definition) is 1. The summed E-state index contributed by atoms with van der Waals surface area (Å²) < 4.78 is 31.3. The first-order valence-electron chi connectivity index (χ1n) is 5.95. The van der Waals surface area contributed by atoms with Crippen molar-refractivity contribution in [3.63, 3.8) is 0 Å². The maximum absolute atomic E-state index is 13.4. The van der Waals surface area contributed by atoms with Crippen molar-refractivity contribution in [3.05, 3.63) is 64.7 Å². The Balaban J connectivity index is 0.00000242. The summed E-state index contributed by atoms with van der Waals surface area (Å²) in [6, 6.07) is 8.89. The van der Waals surface area contributed by atoms with Crippen LogP contribution in [0.1, 0.15) is 16.8 Å². The predicted octanol–water partition coefficient (Wildman–Crippen LogP) is 4.67. The Hall–Kier alpha value is -1.98. The Morgan fingerprint density at radius 3 is 2.36 bits per heavy atom. The lowest BCUT2D eigenvalue weighted by molar-refractivity contribution is 0.0993. The van der Waals surface area contributed by atoms with Crippen molar-refractivity contribution >= 4 is 35.7 Å². The van der Waals surface area contributed by atoms with Gasteiger partial charge in [0.25, 0.3) is 0 Å². The molecule has 2 aromatic carbocycles. The van der Waals surface area contributed by atoms with Crippen LogP contribution in [0.5, 0.6) is 5.75 Å². The minimum atomic E-state index is -0.959. The van der Waals surface area contributed by atoms with Crippen molar-refractivity contribution in [2.45, 2.75) is 6.42 Å². The number of ether oxygens (including phenoxy) is 1. The minimum Gasteiger partial charge on any atom is -0.443 e. The van der Waals surface area contributed by atoms with Gasteiger partial charge in [0.2, 0.25) is 0 Å². The second kappa shape index (κ2) is 7.87. The zero-order valence-electron chi connectivity index (χ0n) is 11.1. The van der Waals surface area contributed by atoms with E-state index in [0.29, 0.717) is 16.8 Å². The van der Waals surface area contributed by atoms with Gasteiger partial charge in [-0.05, 0) is 36.4 Å². The van der Waals surface area contributed by atoms with Crippen LogP contribution in [0.25, 0.3) is 0 Å². The largest absolute Gasteiger partial charge is 0.443 e. The number of Topliss-reactive ketones (excluding diaryl/α,β-unsaturated/α-hetero) is 1. The van der Waals surface area contributed by atoms with Crippen LogP contribution in [0.3, 0.4) is 0 Å². The van der Waals surface area contributed by atoms with Crippen LogP contribution >= 0.6 is 24.0 Å². The van der Waals surface area contributed by atoms with E-state index in [9.17, 15) is 13.6 Å². The quantitative estimate of drug-likeness (QED) is 0.497. The Kier molecular flexibility index (Phi) is 6.46. The molecule has 116 valence electrons. The summed E-state index contributed by atoms with van der Waals surface area (Å²) in [6.07, 6.45) is -0.425. The van der Waals surface area contributed by atoms with Crippen LogP contribution in [0, 0.1) is 17.0 Å².